The summed E-state index contributed by atoms with van der Waals surface area (Å²) >= 11 is 0. The molecule has 0 bridgehead atoms. The Morgan fingerprint density at radius 3 is 1.70 bits per heavy atom. The fourth-order valence-corrected chi connectivity index (χ4v) is 10.6. The lowest BCUT2D eigenvalue weighted by atomic mass is 9.33. The van der Waals surface area contributed by atoms with E-state index in [-0.39, 0.29) is 6.71 Å². The SMILES string of the molecule is Cc1ccnc(Oc2ccc3c(c2)B2c4cc(-c5nc6ccccc6n5-c5c(C)cc(C)cc5C)ccc4N(c4c(C)cccc4C)c4cccc(c42)N3c2c(C)cccc2C)c1. The van der Waals surface area contributed by atoms with Gasteiger partial charge in [0.2, 0.25) is 5.88 Å². The lowest BCUT2D eigenvalue weighted by Crippen LogP contribution is -2.61. The smallest absolute Gasteiger partial charge is 0.252 e. The van der Waals surface area contributed by atoms with Crippen molar-refractivity contribution in [3.63, 3.8) is 0 Å². The van der Waals surface area contributed by atoms with Crippen LogP contribution in [0.2, 0.25) is 0 Å². The molecule has 0 saturated carbocycles. The highest BCUT2D eigenvalue weighted by atomic mass is 16.5. The average molecular weight is 818 g/mol. The van der Waals surface area contributed by atoms with Crippen LogP contribution in [0.25, 0.3) is 28.1 Å². The number of hydrogen-bond acceptors (Lipinski definition) is 5. The molecular formula is C56H48BN5O. The Labute approximate surface area is 370 Å². The highest BCUT2D eigenvalue weighted by Crippen LogP contribution is 2.47. The van der Waals surface area contributed by atoms with E-state index in [9.17, 15) is 0 Å². The number of hydrogen-bond donors (Lipinski definition) is 0. The van der Waals surface area contributed by atoms with Crippen LogP contribution >= 0.6 is 0 Å². The van der Waals surface area contributed by atoms with Crippen molar-refractivity contribution in [1.29, 1.82) is 0 Å². The van der Waals surface area contributed by atoms with Crippen LogP contribution in [-0.4, -0.2) is 21.2 Å². The summed E-state index contributed by atoms with van der Waals surface area (Å²) in [7, 11) is 0. The van der Waals surface area contributed by atoms with E-state index in [1.165, 1.54) is 83.8 Å². The maximum absolute atomic E-state index is 6.62. The molecule has 2 aromatic heterocycles. The van der Waals surface area contributed by atoms with Crippen LogP contribution in [0.15, 0.2) is 146 Å². The number of pyridine rings is 1. The number of imidazole rings is 1. The Hall–Kier alpha value is -7.38. The third kappa shape index (κ3) is 6.09. The van der Waals surface area contributed by atoms with Gasteiger partial charge in [-0.1, -0.05) is 78.4 Å². The topological polar surface area (TPSA) is 46.4 Å². The summed E-state index contributed by atoms with van der Waals surface area (Å²) in [5, 5.41) is 0. The van der Waals surface area contributed by atoms with Crippen molar-refractivity contribution in [2.75, 3.05) is 9.80 Å². The number of aromatic nitrogens is 3. The van der Waals surface area contributed by atoms with E-state index in [2.05, 4.69) is 202 Å². The monoisotopic (exact) mass is 817 g/mol. The minimum absolute atomic E-state index is 0.142. The summed E-state index contributed by atoms with van der Waals surface area (Å²) in [5.41, 5.74) is 24.6. The maximum Gasteiger partial charge on any atom is 0.252 e. The number of para-hydroxylation sites is 4. The lowest BCUT2D eigenvalue weighted by Gasteiger charge is -2.45. The quantitative estimate of drug-likeness (QED) is 0.156. The number of anilines is 6. The zero-order valence-electron chi connectivity index (χ0n) is 37.1. The van der Waals surface area contributed by atoms with Crippen LogP contribution in [0.5, 0.6) is 11.6 Å². The molecule has 2 aliphatic heterocycles. The first-order valence-electron chi connectivity index (χ1n) is 21.9. The van der Waals surface area contributed by atoms with E-state index in [1.54, 1.807) is 0 Å². The van der Waals surface area contributed by atoms with Crippen molar-refractivity contribution >= 4 is 68.3 Å². The molecule has 0 fully saturated rings. The molecule has 0 amide bonds. The highest BCUT2D eigenvalue weighted by molar-refractivity contribution is 7.00. The van der Waals surface area contributed by atoms with Crippen LogP contribution in [0.4, 0.5) is 34.1 Å². The first kappa shape index (κ1) is 38.5. The third-order valence-corrected chi connectivity index (χ3v) is 13.1. The van der Waals surface area contributed by atoms with Gasteiger partial charge in [-0.05, 0) is 171 Å². The van der Waals surface area contributed by atoms with Gasteiger partial charge in [-0.25, -0.2) is 9.97 Å². The molecule has 4 heterocycles. The molecule has 2 aliphatic rings. The van der Waals surface area contributed by atoms with E-state index in [4.69, 9.17) is 9.72 Å². The molecule has 63 heavy (non-hydrogen) atoms. The van der Waals surface area contributed by atoms with Gasteiger partial charge in [-0.2, -0.15) is 0 Å². The van der Waals surface area contributed by atoms with E-state index in [1.807, 2.05) is 18.3 Å². The third-order valence-electron chi connectivity index (χ3n) is 13.1. The standard InChI is InChI=1S/C56H48BN5O/c1-33-26-27-58-51(30-33)63-42-23-25-47-44(32-42)57-43-31-41(56-59-45-18-9-10-19-48(45)62(56)55-39(7)28-34(2)29-40(55)8)22-24-46(43)60(53-35(3)14-11-15-36(53)4)49-20-13-21-50(52(49)57)61(47)54-37(5)16-12-17-38(54)6/h9-32H,1-8H3. The number of ether oxygens (including phenoxy) is 1. The predicted octanol–water partition coefficient (Wildman–Crippen LogP) is 12.4. The average Bonchev–Trinajstić information content (AvgIpc) is 3.63. The lowest BCUT2D eigenvalue weighted by molar-refractivity contribution is 0.463. The van der Waals surface area contributed by atoms with Gasteiger partial charge in [0.15, 0.2) is 0 Å². The van der Waals surface area contributed by atoms with E-state index in [0.29, 0.717) is 5.88 Å². The minimum atomic E-state index is -0.142. The van der Waals surface area contributed by atoms with Crippen molar-refractivity contribution in [3.05, 3.63) is 190 Å². The molecule has 7 heteroatoms. The van der Waals surface area contributed by atoms with Gasteiger partial charge < -0.3 is 14.5 Å². The summed E-state index contributed by atoms with van der Waals surface area (Å²) < 4.78 is 9.00. The molecule has 306 valence electrons. The summed E-state index contributed by atoms with van der Waals surface area (Å²) in [6.07, 6.45) is 1.81. The Kier molecular flexibility index (Phi) is 8.95. The van der Waals surface area contributed by atoms with Gasteiger partial charge in [0, 0.05) is 40.6 Å². The number of nitrogens with zero attached hydrogens (tertiary/aromatic N) is 5. The van der Waals surface area contributed by atoms with E-state index >= 15 is 0 Å². The number of benzene rings is 7. The molecule has 7 aromatic carbocycles. The molecule has 0 spiro atoms. The van der Waals surface area contributed by atoms with Gasteiger partial charge in [0.25, 0.3) is 6.71 Å². The predicted molar refractivity (Wildman–Crippen MR) is 263 cm³/mol. The Balaban J connectivity index is 1.23. The summed E-state index contributed by atoms with van der Waals surface area (Å²) in [6.45, 7) is 17.4. The fourth-order valence-electron chi connectivity index (χ4n) is 10.6. The molecule has 9 aromatic rings. The second kappa shape index (κ2) is 14.6. The minimum Gasteiger partial charge on any atom is -0.439 e. The molecule has 0 radical (unpaired) electrons. The van der Waals surface area contributed by atoms with Crippen LogP contribution in [-0.2, 0) is 0 Å². The number of aryl methyl sites for hydroxylation is 8. The molecule has 6 nitrogen and oxygen atoms in total. The van der Waals surface area contributed by atoms with Gasteiger partial charge in [0.1, 0.15) is 11.6 Å². The summed E-state index contributed by atoms with van der Waals surface area (Å²) in [4.78, 5) is 15.0. The molecule has 11 rings (SSSR count). The first-order valence-corrected chi connectivity index (χ1v) is 21.9. The van der Waals surface area contributed by atoms with Crippen molar-refractivity contribution in [3.8, 4) is 28.7 Å². The maximum atomic E-state index is 6.62. The van der Waals surface area contributed by atoms with Crippen molar-refractivity contribution in [1.82, 2.24) is 14.5 Å². The normalized spacial score (nSPS) is 12.7. The van der Waals surface area contributed by atoms with Crippen LogP contribution in [0, 0.1) is 55.4 Å². The van der Waals surface area contributed by atoms with Crippen molar-refractivity contribution in [2.45, 2.75) is 55.4 Å². The zero-order chi connectivity index (χ0) is 43.3. The molecule has 0 saturated heterocycles. The molecule has 0 unspecified atom stereocenters. The van der Waals surface area contributed by atoms with Gasteiger partial charge >= 0.3 is 0 Å². The second-order valence-electron chi connectivity index (χ2n) is 17.6. The van der Waals surface area contributed by atoms with Crippen molar-refractivity contribution in [2.24, 2.45) is 0 Å². The van der Waals surface area contributed by atoms with Gasteiger partial charge in [-0.15, -0.1) is 0 Å². The summed E-state index contributed by atoms with van der Waals surface area (Å²) in [5.74, 6) is 2.24. The Morgan fingerprint density at radius 2 is 1.06 bits per heavy atom. The second-order valence-corrected chi connectivity index (χ2v) is 17.6. The Bertz CT molecular complexity index is 3270. The van der Waals surface area contributed by atoms with Crippen LogP contribution in [0.1, 0.15) is 44.5 Å². The number of fused-ring (bicyclic) bond motifs is 5. The largest absolute Gasteiger partial charge is 0.439 e. The molecule has 0 aliphatic carbocycles. The number of rotatable bonds is 6. The highest BCUT2D eigenvalue weighted by Gasteiger charge is 2.44. The molecule has 0 atom stereocenters. The van der Waals surface area contributed by atoms with Gasteiger partial charge in [0.05, 0.1) is 28.1 Å². The van der Waals surface area contributed by atoms with E-state index < -0.39 is 0 Å². The Morgan fingerprint density at radius 1 is 0.476 bits per heavy atom. The first-order chi connectivity index (χ1) is 30.5. The molecular weight excluding hydrogens is 769 g/mol. The van der Waals surface area contributed by atoms with Crippen LogP contribution < -0.4 is 30.9 Å². The van der Waals surface area contributed by atoms with Crippen molar-refractivity contribution < 1.29 is 4.74 Å². The summed E-state index contributed by atoms with van der Waals surface area (Å²) in [6, 6.07) is 50.7. The van der Waals surface area contributed by atoms with Crippen LogP contribution in [0.3, 0.4) is 0 Å². The zero-order valence-corrected chi connectivity index (χ0v) is 37.1. The fraction of sp³-hybridized carbons (Fsp3) is 0.143. The van der Waals surface area contributed by atoms with Gasteiger partial charge in [-0.3, -0.25) is 4.57 Å². The van der Waals surface area contributed by atoms with E-state index in [0.717, 1.165) is 45.1 Å². The molecule has 0 N–H and O–H groups in total.